The zero-order chi connectivity index (χ0) is 30.1. The standard InChI is InChI=1S/C43H30N2/c1-43(2)38-14-8-7-11-34(38)35-24-23-31(25-39(35)43)29-17-15-27(16-18-29)28-19-21-30(22-20-28)40-26-44-41-36-12-5-3-9-32(36)33-10-4-6-13-37(33)42(41)45-40/h3-26H,1-2H3. The molecule has 0 saturated heterocycles. The van der Waals surface area contributed by atoms with Crippen molar-refractivity contribution < 1.29 is 0 Å². The van der Waals surface area contributed by atoms with Crippen molar-refractivity contribution in [1.82, 2.24) is 9.97 Å². The van der Waals surface area contributed by atoms with Crippen LogP contribution in [0, 0.1) is 0 Å². The summed E-state index contributed by atoms with van der Waals surface area (Å²) in [5, 5.41) is 4.69. The molecule has 0 spiro atoms. The maximum absolute atomic E-state index is 5.16. The Bertz CT molecular complexity index is 2400. The van der Waals surface area contributed by atoms with Crippen LogP contribution >= 0.6 is 0 Å². The molecule has 0 saturated carbocycles. The van der Waals surface area contributed by atoms with Crippen molar-refractivity contribution in [2.24, 2.45) is 0 Å². The second-order valence-corrected chi connectivity index (χ2v) is 12.6. The van der Waals surface area contributed by atoms with Crippen molar-refractivity contribution in [2.75, 3.05) is 0 Å². The molecule has 0 unspecified atom stereocenters. The number of fused-ring (bicyclic) bond motifs is 9. The van der Waals surface area contributed by atoms with E-state index in [2.05, 4.69) is 153 Å². The molecule has 45 heavy (non-hydrogen) atoms. The highest BCUT2D eigenvalue weighted by Crippen LogP contribution is 2.49. The van der Waals surface area contributed by atoms with E-state index in [9.17, 15) is 0 Å². The number of aromatic nitrogens is 2. The van der Waals surface area contributed by atoms with Gasteiger partial charge < -0.3 is 0 Å². The van der Waals surface area contributed by atoms with Crippen LogP contribution in [0.4, 0.5) is 0 Å². The van der Waals surface area contributed by atoms with E-state index in [0.717, 1.165) is 33.1 Å². The number of rotatable bonds is 3. The van der Waals surface area contributed by atoms with Crippen LogP contribution < -0.4 is 0 Å². The lowest BCUT2D eigenvalue weighted by molar-refractivity contribution is 0.660. The molecule has 1 heterocycles. The van der Waals surface area contributed by atoms with Crippen molar-refractivity contribution in [2.45, 2.75) is 19.3 Å². The number of nitrogens with zero attached hydrogens (tertiary/aromatic N) is 2. The van der Waals surface area contributed by atoms with Gasteiger partial charge in [-0.25, -0.2) is 4.98 Å². The third-order valence-corrected chi connectivity index (χ3v) is 9.74. The highest BCUT2D eigenvalue weighted by Gasteiger charge is 2.35. The van der Waals surface area contributed by atoms with Gasteiger partial charge in [0.15, 0.2) is 0 Å². The van der Waals surface area contributed by atoms with Crippen LogP contribution in [0.5, 0.6) is 0 Å². The summed E-state index contributed by atoms with van der Waals surface area (Å²) in [5.74, 6) is 0. The summed E-state index contributed by atoms with van der Waals surface area (Å²) in [7, 11) is 0. The Morgan fingerprint density at radius 2 is 0.911 bits per heavy atom. The minimum Gasteiger partial charge on any atom is -0.252 e. The monoisotopic (exact) mass is 574 g/mol. The molecule has 1 aliphatic carbocycles. The molecule has 0 amide bonds. The lowest BCUT2D eigenvalue weighted by Crippen LogP contribution is -2.14. The fourth-order valence-electron chi connectivity index (χ4n) is 7.33. The van der Waals surface area contributed by atoms with Crippen molar-refractivity contribution in [1.29, 1.82) is 0 Å². The largest absolute Gasteiger partial charge is 0.252 e. The molecular weight excluding hydrogens is 544 g/mol. The summed E-state index contributed by atoms with van der Waals surface area (Å²) >= 11 is 0. The average molecular weight is 575 g/mol. The van der Waals surface area contributed by atoms with Crippen molar-refractivity contribution >= 4 is 32.6 Å². The first kappa shape index (κ1) is 25.9. The number of benzene rings is 7. The van der Waals surface area contributed by atoms with Crippen LogP contribution in [-0.2, 0) is 5.41 Å². The molecule has 2 nitrogen and oxygen atoms in total. The Morgan fingerprint density at radius 1 is 0.422 bits per heavy atom. The van der Waals surface area contributed by atoms with E-state index < -0.39 is 0 Å². The van der Waals surface area contributed by atoms with Gasteiger partial charge in [0.1, 0.15) is 0 Å². The van der Waals surface area contributed by atoms with E-state index >= 15 is 0 Å². The molecule has 1 aromatic heterocycles. The summed E-state index contributed by atoms with van der Waals surface area (Å²) in [6.07, 6.45) is 1.91. The van der Waals surface area contributed by atoms with Crippen LogP contribution in [-0.4, -0.2) is 9.97 Å². The smallest absolute Gasteiger partial charge is 0.0979 e. The maximum atomic E-state index is 5.16. The topological polar surface area (TPSA) is 25.8 Å². The summed E-state index contributed by atoms with van der Waals surface area (Å²) in [6.45, 7) is 4.67. The summed E-state index contributed by atoms with van der Waals surface area (Å²) in [4.78, 5) is 10.1. The molecule has 9 rings (SSSR count). The molecule has 0 N–H and O–H groups in total. The van der Waals surface area contributed by atoms with Gasteiger partial charge in [0, 0.05) is 21.8 Å². The number of hydrogen-bond acceptors (Lipinski definition) is 2. The molecule has 2 heteroatoms. The van der Waals surface area contributed by atoms with Crippen LogP contribution in [0.2, 0.25) is 0 Å². The van der Waals surface area contributed by atoms with Gasteiger partial charge in [-0.2, -0.15) is 0 Å². The Labute approximate surface area is 262 Å². The first-order valence-electron chi connectivity index (χ1n) is 15.6. The van der Waals surface area contributed by atoms with E-state index in [1.165, 1.54) is 55.3 Å². The zero-order valence-electron chi connectivity index (χ0n) is 25.3. The van der Waals surface area contributed by atoms with Gasteiger partial charge in [0.2, 0.25) is 0 Å². The third kappa shape index (κ3) is 3.96. The minimum atomic E-state index is -0.0000717. The predicted octanol–water partition coefficient (Wildman–Crippen LogP) is 11.2. The van der Waals surface area contributed by atoms with Crippen LogP contribution in [0.25, 0.3) is 77.2 Å². The third-order valence-electron chi connectivity index (χ3n) is 9.74. The highest BCUT2D eigenvalue weighted by atomic mass is 14.8. The molecule has 1 aliphatic rings. The Kier molecular flexibility index (Phi) is 5.58. The lowest BCUT2D eigenvalue weighted by Gasteiger charge is -2.22. The molecule has 0 aliphatic heterocycles. The maximum Gasteiger partial charge on any atom is 0.0979 e. The molecule has 0 radical (unpaired) electrons. The van der Waals surface area contributed by atoms with E-state index in [0.29, 0.717) is 0 Å². The molecule has 212 valence electrons. The highest BCUT2D eigenvalue weighted by molar-refractivity contribution is 6.23. The summed E-state index contributed by atoms with van der Waals surface area (Å²) in [6, 6.07) is 50.3. The van der Waals surface area contributed by atoms with Gasteiger partial charge in [-0.1, -0.05) is 147 Å². The number of hydrogen-bond donors (Lipinski definition) is 0. The van der Waals surface area contributed by atoms with Crippen molar-refractivity contribution in [3.05, 3.63) is 157 Å². The normalized spacial score (nSPS) is 13.3. The van der Waals surface area contributed by atoms with E-state index in [-0.39, 0.29) is 5.41 Å². The average Bonchev–Trinajstić information content (AvgIpc) is 3.34. The Balaban J connectivity index is 1.03. The SMILES string of the molecule is CC1(C)c2ccccc2-c2ccc(-c3ccc(-c4ccc(-c5cnc6c7ccccc7c7ccccc7c6n5)cc4)cc3)cc21. The van der Waals surface area contributed by atoms with Crippen molar-refractivity contribution in [3.63, 3.8) is 0 Å². The van der Waals surface area contributed by atoms with Gasteiger partial charge in [0.25, 0.3) is 0 Å². The first-order valence-corrected chi connectivity index (χ1v) is 15.6. The fourth-order valence-corrected chi connectivity index (χ4v) is 7.33. The van der Waals surface area contributed by atoms with Crippen molar-refractivity contribution in [3.8, 4) is 44.6 Å². The predicted molar refractivity (Wildman–Crippen MR) is 188 cm³/mol. The molecule has 8 aromatic rings. The molecular formula is C43H30N2. The minimum absolute atomic E-state index is 0.0000717. The van der Waals surface area contributed by atoms with Gasteiger partial charge in [-0.3, -0.25) is 4.98 Å². The molecule has 0 atom stereocenters. The summed E-state index contributed by atoms with van der Waals surface area (Å²) < 4.78 is 0. The fraction of sp³-hybridized carbons (Fsp3) is 0.0698. The summed E-state index contributed by atoms with van der Waals surface area (Å²) in [5.41, 5.74) is 14.2. The van der Waals surface area contributed by atoms with Gasteiger partial charge in [-0.05, 0) is 61.3 Å². The quantitative estimate of drug-likeness (QED) is 0.196. The van der Waals surface area contributed by atoms with Crippen LogP contribution in [0.15, 0.2) is 146 Å². The second-order valence-electron chi connectivity index (χ2n) is 12.6. The van der Waals surface area contributed by atoms with Gasteiger partial charge in [-0.15, -0.1) is 0 Å². The van der Waals surface area contributed by atoms with E-state index in [1.54, 1.807) is 0 Å². The Morgan fingerprint density at radius 3 is 1.58 bits per heavy atom. The molecule has 0 bridgehead atoms. The Hall–Kier alpha value is -5.60. The second kappa shape index (κ2) is 9.70. The van der Waals surface area contributed by atoms with Crippen LogP contribution in [0.1, 0.15) is 25.0 Å². The molecule has 7 aromatic carbocycles. The zero-order valence-corrected chi connectivity index (χ0v) is 25.3. The van der Waals surface area contributed by atoms with Gasteiger partial charge in [0.05, 0.1) is 22.9 Å². The molecule has 0 fully saturated rings. The van der Waals surface area contributed by atoms with Crippen LogP contribution in [0.3, 0.4) is 0 Å². The van der Waals surface area contributed by atoms with E-state index in [1.807, 2.05) is 6.20 Å². The first-order chi connectivity index (χ1) is 22.1. The van der Waals surface area contributed by atoms with Gasteiger partial charge >= 0.3 is 0 Å². The lowest BCUT2D eigenvalue weighted by atomic mass is 9.81. The van der Waals surface area contributed by atoms with E-state index in [4.69, 9.17) is 9.97 Å².